The SMILES string of the molecule is CC(=O)CC(C)(C)C12CC3CC4CC(C1)C432. The summed E-state index contributed by atoms with van der Waals surface area (Å²) in [5.41, 5.74) is 1.62. The lowest BCUT2D eigenvalue weighted by molar-refractivity contribution is -0.459. The Bertz CT molecular complexity index is 367. The number of hydrogen-bond donors (Lipinski definition) is 0. The third-order valence-electron chi connectivity index (χ3n) is 7.17. The number of ketones is 1. The lowest BCUT2D eigenvalue weighted by Crippen LogP contribution is -2.88. The molecule has 0 N–H and O–H groups in total. The second-order valence-electron chi connectivity index (χ2n) is 7.75. The fraction of sp³-hybridized carbons (Fsp3) is 0.933. The van der Waals surface area contributed by atoms with E-state index in [1.54, 1.807) is 6.92 Å². The summed E-state index contributed by atoms with van der Waals surface area (Å²) >= 11 is 0. The van der Waals surface area contributed by atoms with Gasteiger partial charge in [0.1, 0.15) is 5.78 Å². The molecular weight excluding hydrogens is 196 g/mol. The molecule has 0 aromatic heterocycles. The molecule has 0 amide bonds. The predicted octanol–water partition coefficient (Wildman–Crippen LogP) is 3.43. The average Bonchev–Trinajstić information content (AvgIpc) is 1.93. The lowest BCUT2D eigenvalue weighted by Gasteiger charge is -2.94. The van der Waals surface area contributed by atoms with Crippen molar-refractivity contribution in [2.24, 2.45) is 34.0 Å². The van der Waals surface area contributed by atoms with E-state index in [1.807, 2.05) is 0 Å². The van der Waals surface area contributed by atoms with Crippen LogP contribution in [0.15, 0.2) is 0 Å². The van der Waals surface area contributed by atoms with Gasteiger partial charge in [0.25, 0.3) is 0 Å². The van der Waals surface area contributed by atoms with Gasteiger partial charge < -0.3 is 4.79 Å². The summed E-state index contributed by atoms with van der Waals surface area (Å²) in [7, 11) is 0. The van der Waals surface area contributed by atoms with E-state index in [2.05, 4.69) is 13.8 Å². The predicted molar refractivity (Wildman–Crippen MR) is 62.9 cm³/mol. The molecule has 0 aromatic rings. The van der Waals surface area contributed by atoms with Gasteiger partial charge in [-0.3, -0.25) is 0 Å². The van der Waals surface area contributed by atoms with Gasteiger partial charge >= 0.3 is 0 Å². The van der Waals surface area contributed by atoms with Gasteiger partial charge in [0.2, 0.25) is 0 Å². The maximum Gasteiger partial charge on any atom is 0.130 e. The number of Topliss-reactive ketones (excluding diaryl/α,β-unsaturated/α-hetero) is 1. The molecular formula is C15H22O. The van der Waals surface area contributed by atoms with Crippen LogP contribution in [0.3, 0.4) is 0 Å². The van der Waals surface area contributed by atoms with Crippen molar-refractivity contribution in [1.82, 2.24) is 0 Å². The Morgan fingerprint density at radius 1 is 1.19 bits per heavy atom. The van der Waals surface area contributed by atoms with Crippen LogP contribution in [0.2, 0.25) is 0 Å². The third kappa shape index (κ3) is 0.638. The summed E-state index contributed by atoms with van der Waals surface area (Å²) in [6, 6.07) is 0. The van der Waals surface area contributed by atoms with Crippen molar-refractivity contribution < 1.29 is 4.79 Å². The van der Waals surface area contributed by atoms with Gasteiger partial charge in [-0.15, -0.1) is 0 Å². The second-order valence-corrected chi connectivity index (χ2v) is 7.75. The van der Waals surface area contributed by atoms with E-state index in [4.69, 9.17) is 0 Å². The van der Waals surface area contributed by atoms with Crippen LogP contribution in [0.25, 0.3) is 0 Å². The monoisotopic (exact) mass is 218 g/mol. The van der Waals surface area contributed by atoms with Crippen LogP contribution in [0.4, 0.5) is 0 Å². The molecule has 16 heavy (non-hydrogen) atoms. The van der Waals surface area contributed by atoms with Crippen LogP contribution in [-0.4, -0.2) is 5.78 Å². The van der Waals surface area contributed by atoms with Crippen molar-refractivity contribution in [3.63, 3.8) is 0 Å². The molecule has 2 atom stereocenters. The smallest absolute Gasteiger partial charge is 0.130 e. The highest BCUT2D eigenvalue weighted by atomic mass is 16.1. The minimum Gasteiger partial charge on any atom is -0.300 e. The van der Waals surface area contributed by atoms with E-state index in [0.29, 0.717) is 11.2 Å². The molecule has 88 valence electrons. The molecule has 2 unspecified atom stereocenters. The first-order valence-electron chi connectivity index (χ1n) is 6.93. The van der Waals surface area contributed by atoms with Crippen LogP contribution >= 0.6 is 0 Å². The second kappa shape index (κ2) is 2.28. The van der Waals surface area contributed by atoms with Gasteiger partial charge in [-0.2, -0.15) is 0 Å². The van der Waals surface area contributed by atoms with Crippen LogP contribution in [0.1, 0.15) is 52.9 Å². The van der Waals surface area contributed by atoms with E-state index in [0.717, 1.165) is 29.6 Å². The van der Waals surface area contributed by atoms with Crippen molar-refractivity contribution in [1.29, 1.82) is 0 Å². The zero-order valence-corrected chi connectivity index (χ0v) is 10.7. The molecule has 0 radical (unpaired) electrons. The molecule has 1 heteroatoms. The fourth-order valence-electron chi connectivity index (χ4n) is 6.87. The molecule has 4 aliphatic carbocycles. The molecule has 0 aliphatic heterocycles. The molecule has 4 rings (SSSR count). The van der Waals surface area contributed by atoms with Gasteiger partial charge in [0.15, 0.2) is 0 Å². The zero-order valence-electron chi connectivity index (χ0n) is 10.7. The Hall–Kier alpha value is -0.330. The standard InChI is InChI=1S/C15H22O/c1-9(16)6-13(2,3)14-7-11-4-10-5-12(8-14)15(10,11)14/h10-12H,4-8H2,1-3H3. The van der Waals surface area contributed by atoms with Gasteiger partial charge in [-0.05, 0) is 66.6 Å². The Balaban J connectivity index is 1.67. The van der Waals surface area contributed by atoms with Crippen molar-refractivity contribution in [3.05, 3.63) is 0 Å². The first kappa shape index (κ1) is 9.67. The van der Waals surface area contributed by atoms with Crippen molar-refractivity contribution in [2.75, 3.05) is 0 Å². The van der Waals surface area contributed by atoms with Gasteiger partial charge in [-0.25, -0.2) is 0 Å². The summed E-state index contributed by atoms with van der Waals surface area (Å²) in [5, 5.41) is 0. The Morgan fingerprint density at radius 2 is 1.75 bits per heavy atom. The normalized spacial score (nSPS) is 55.8. The molecule has 0 saturated heterocycles. The molecule has 0 aromatic carbocycles. The summed E-state index contributed by atoms with van der Waals surface area (Å²) < 4.78 is 0. The van der Waals surface area contributed by atoms with E-state index in [-0.39, 0.29) is 5.41 Å². The third-order valence-corrected chi connectivity index (χ3v) is 7.17. The van der Waals surface area contributed by atoms with Crippen molar-refractivity contribution >= 4 is 5.78 Å². The maximum atomic E-state index is 11.5. The first-order chi connectivity index (χ1) is 7.44. The molecule has 1 nitrogen and oxygen atoms in total. The Labute approximate surface area is 98.0 Å². The fourth-order valence-corrected chi connectivity index (χ4v) is 6.87. The van der Waals surface area contributed by atoms with Crippen LogP contribution in [0.5, 0.6) is 0 Å². The highest BCUT2D eigenvalue weighted by molar-refractivity contribution is 5.76. The van der Waals surface area contributed by atoms with Crippen molar-refractivity contribution in [3.8, 4) is 0 Å². The summed E-state index contributed by atoms with van der Waals surface area (Å²) in [6.45, 7) is 6.49. The lowest BCUT2D eigenvalue weighted by atomic mass is 9.10. The van der Waals surface area contributed by atoms with E-state index in [9.17, 15) is 4.79 Å². The Kier molecular flexibility index (Phi) is 1.38. The summed E-state index contributed by atoms with van der Waals surface area (Å²) in [5.74, 6) is 3.58. The molecule has 4 saturated carbocycles. The Morgan fingerprint density at radius 3 is 2.12 bits per heavy atom. The topological polar surface area (TPSA) is 17.1 Å². The number of carbonyl (C=O) groups excluding carboxylic acids is 1. The minimum absolute atomic E-state index is 0.269. The first-order valence-corrected chi connectivity index (χ1v) is 6.93. The van der Waals surface area contributed by atoms with E-state index in [1.165, 1.54) is 25.7 Å². The van der Waals surface area contributed by atoms with Gasteiger partial charge in [0, 0.05) is 6.42 Å². The largest absolute Gasteiger partial charge is 0.300 e. The van der Waals surface area contributed by atoms with Gasteiger partial charge in [0.05, 0.1) is 0 Å². The summed E-state index contributed by atoms with van der Waals surface area (Å²) in [4.78, 5) is 11.5. The molecule has 1 spiro atoms. The maximum absolute atomic E-state index is 11.5. The number of carbonyl (C=O) groups is 1. The molecule has 4 fully saturated rings. The molecule has 0 heterocycles. The van der Waals surface area contributed by atoms with E-state index >= 15 is 0 Å². The molecule has 4 aliphatic rings. The van der Waals surface area contributed by atoms with E-state index < -0.39 is 0 Å². The average molecular weight is 218 g/mol. The number of hydrogen-bond acceptors (Lipinski definition) is 1. The highest BCUT2D eigenvalue weighted by Crippen LogP contribution is 2.96. The van der Waals surface area contributed by atoms with Crippen molar-refractivity contribution in [2.45, 2.75) is 52.9 Å². The highest BCUT2D eigenvalue weighted by Gasteiger charge is 2.89. The van der Waals surface area contributed by atoms with Crippen LogP contribution < -0.4 is 0 Å². The van der Waals surface area contributed by atoms with Crippen LogP contribution in [0, 0.1) is 34.0 Å². The number of rotatable bonds is 3. The van der Waals surface area contributed by atoms with Gasteiger partial charge in [-0.1, -0.05) is 13.8 Å². The quantitative estimate of drug-likeness (QED) is 0.709. The van der Waals surface area contributed by atoms with Crippen LogP contribution in [-0.2, 0) is 4.79 Å². The molecule has 0 bridgehead atoms. The summed E-state index contributed by atoms with van der Waals surface area (Å²) in [6.07, 6.45) is 6.74. The zero-order chi connectivity index (χ0) is 11.3. The minimum atomic E-state index is 0.269.